The molecule has 0 radical (unpaired) electrons. The zero-order valence-electron chi connectivity index (χ0n) is 16.9. The van der Waals surface area contributed by atoms with Gasteiger partial charge in [-0.3, -0.25) is 9.10 Å². The van der Waals surface area contributed by atoms with Crippen LogP contribution in [0.2, 0.25) is 0 Å². The summed E-state index contributed by atoms with van der Waals surface area (Å²) in [5.74, 6) is -0.359. The van der Waals surface area contributed by atoms with E-state index >= 15 is 0 Å². The molecule has 2 aromatic carbocycles. The van der Waals surface area contributed by atoms with Crippen LogP contribution in [0, 0.1) is 0 Å². The third-order valence-electron chi connectivity index (χ3n) is 4.54. The molecular formula is C21H25F3N2O3S. The van der Waals surface area contributed by atoms with Crippen molar-refractivity contribution in [3.63, 3.8) is 0 Å². The lowest BCUT2D eigenvalue weighted by Gasteiger charge is -2.22. The van der Waals surface area contributed by atoms with Gasteiger partial charge in [-0.25, -0.2) is 8.42 Å². The summed E-state index contributed by atoms with van der Waals surface area (Å²) < 4.78 is 63.7. The van der Waals surface area contributed by atoms with E-state index in [2.05, 4.69) is 5.32 Å². The zero-order valence-corrected chi connectivity index (χ0v) is 17.7. The molecule has 0 aliphatic carbocycles. The van der Waals surface area contributed by atoms with Crippen LogP contribution in [0.25, 0.3) is 0 Å². The highest BCUT2D eigenvalue weighted by Gasteiger charge is 2.30. The van der Waals surface area contributed by atoms with Gasteiger partial charge in [0.25, 0.3) is 0 Å². The Morgan fingerprint density at radius 1 is 1.07 bits per heavy atom. The van der Waals surface area contributed by atoms with Crippen LogP contribution in [-0.4, -0.2) is 27.1 Å². The maximum absolute atomic E-state index is 12.7. The summed E-state index contributed by atoms with van der Waals surface area (Å²) in [6.45, 7) is 2.10. The minimum Gasteiger partial charge on any atom is -0.352 e. The fourth-order valence-electron chi connectivity index (χ4n) is 2.91. The highest BCUT2D eigenvalue weighted by molar-refractivity contribution is 7.92. The van der Waals surface area contributed by atoms with E-state index in [1.54, 1.807) is 12.1 Å². The Labute approximate surface area is 175 Å². The third kappa shape index (κ3) is 7.05. The monoisotopic (exact) mass is 442 g/mol. The van der Waals surface area contributed by atoms with Gasteiger partial charge in [0.2, 0.25) is 15.9 Å². The fraction of sp³-hybridized carbons (Fsp3) is 0.381. The molecule has 0 saturated heterocycles. The first kappa shape index (κ1) is 23.7. The van der Waals surface area contributed by atoms with Gasteiger partial charge in [0.15, 0.2) is 0 Å². The summed E-state index contributed by atoms with van der Waals surface area (Å²) in [5, 5.41) is 2.57. The van der Waals surface area contributed by atoms with Gasteiger partial charge in [0, 0.05) is 19.5 Å². The lowest BCUT2D eigenvalue weighted by atomic mass is 10.1. The maximum Gasteiger partial charge on any atom is 0.416 e. The first-order valence-corrected chi connectivity index (χ1v) is 11.3. The number of amides is 1. The Bertz CT molecular complexity index is 958. The van der Waals surface area contributed by atoms with E-state index in [0.717, 1.165) is 30.4 Å². The summed E-state index contributed by atoms with van der Waals surface area (Å²) in [5.41, 5.74) is 1.18. The first-order valence-electron chi connectivity index (χ1n) is 9.50. The highest BCUT2D eigenvalue weighted by Crippen LogP contribution is 2.29. The van der Waals surface area contributed by atoms with Crippen LogP contribution in [-0.2, 0) is 34.0 Å². The van der Waals surface area contributed by atoms with Crippen molar-refractivity contribution in [2.45, 2.75) is 38.9 Å². The average molecular weight is 443 g/mol. The van der Waals surface area contributed by atoms with Crippen LogP contribution in [0.1, 0.15) is 36.5 Å². The number of nitrogens with one attached hydrogen (secondary N) is 1. The van der Waals surface area contributed by atoms with E-state index in [9.17, 15) is 26.4 Å². The van der Waals surface area contributed by atoms with Crippen LogP contribution in [0.15, 0.2) is 48.5 Å². The summed E-state index contributed by atoms with van der Waals surface area (Å²) >= 11 is 0. The second kappa shape index (κ2) is 9.97. The van der Waals surface area contributed by atoms with E-state index < -0.39 is 21.8 Å². The molecule has 2 rings (SSSR count). The molecule has 5 nitrogen and oxygen atoms in total. The number of carbonyl (C=O) groups is 1. The van der Waals surface area contributed by atoms with Crippen molar-refractivity contribution < 1.29 is 26.4 Å². The van der Waals surface area contributed by atoms with E-state index in [-0.39, 0.29) is 31.8 Å². The van der Waals surface area contributed by atoms with E-state index in [1.807, 2.05) is 19.1 Å². The SMILES string of the molecule is CCc1ccc(N(CCCC(=O)NCc2cccc(C(F)(F)F)c2)S(C)(=O)=O)cc1. The Morgan fingerprint density at radius 2 is 1.73 bits per heavy atom. The predicted molar refractivity (Wildman–Crippen MR) is 111 cm³/mol. The first-order chi connectivity index (χ1) is 14.0. The Balaban J connectivity index is 1.90. The lowest BCUT2D eigenvalue weighted by molar-refractivity contribution is -0.137. The molecule has 0 aliphatic heterocycles. The van der Waals surface area contributed by atoms with Crippen molar-refractivity contribution in [2.75, 3.05) is 17.1 Å². The summed E-state index contributed by atoms with van der Waals surface area (Å²) in [6, 6.07) is 11.9. The average Bonchev–Trinajstić information content (AvgIpc) is 2.68. The predicted octanol–water partition coefficient (Wildman–Crippen LogP) is 4.13. The number of sulfonamides is 1. The van der Waals surface area contributed by atoms with Gasteiger partial charge in [0.05, 0.1) is 17.5 Å². The smallest absolute Gasteiger partial charge is 0.352 e. The molecular weight excluding hydrogens is 417 g/mol. The minimum atomic E-state index is -4.44. The molecule has 1 N–H and O–H groups in total. The van der Waals surface area contributed by atoms with Crippen molar-refractivity contribution >= 4 is 21.6 Å². The van der Waals surface area contributed by atoms with Gasteiger partial charge in [-0.2, -0.15) is 13.2 Å². The number of hydrogen-bond acceptors (Lipinski definition) is 3. The van der Waals surface area contributed by atoms with Gasteiger partial charge >= 0.3 is 6.18 Å². The Hall–Kier alpha value is -2.55. The minimum absolute atomic E-state index is 0.0307. The summed E-state index contributed by atoms with van der Waals surface area (Å²) in [6.07, 6.45) is -2.17. The van der Waals surface area contributed by atoms with Crippen LogP contribution in [0.3, 0.4) is 0 Å². The number of rotatable bonds is 9. The van der Waals surface area contributed by atoms with Crippen LogP contribution in [0.5, 0.6) is 0 Å². The number of carbonyl (C=O) groups excluding carboxylic acids is 1. The van der Waals surface area contributed by atoms with Crippen molar-refractivity contribution in [1.29, 1.82) is 0 Å². The van der Waals surface area contributed by atoms with Crippen LogP contribution >= 0.6 is 0 Å². The second-order valence-corrected chi connectivity index (χ2v) is 8.84. The Morgan fingerprint density at radius 3 is 2.30 bits per heavy atom. The van der Waals surface area contributed by atoms with Crippen molar-refractivity contribution in [1.82, 2.24) is 5.32 Å². The van der Waals surface area contributed by atoms with Gasteiger partial charge in [-0.1, -0.05) is 31.2 Å². The number of halogens is 3. The molecule has 0 saturated carbocycles. The molecule has 164 valence electrons. The standard InChI is InChI=1S/C21H25F3N2O3S/c1-3-16-9-11-19(12-10-16)26(30(2,28)29)13-5-8-20(27)25-15-17-6-4-7-18(14-17)21(22,23)24/h4,6-7,9-12,14H,3,5,8,13,15H2,1-2H3,(H,25,27). The molecule has 1 amide bonds. The molecule has 2 aromatic rings. The molecule has 0 fully saturated rings. The van der Waals surface area contributed by atoms with Gasteiger partial charge in [-0.15, -0.1) is 0 Å². The maximum atomic E-state index is 12.7. The molecule has 0 spiro atoms. The number of alkyl halides is 3. The molecule has 0 heterocycles. The number of benzene rings is 2. The third-order valence-corrected chi connectivity index (χ3v) is 5.74. The largest absolute Gasteiger partial charge is 0.416 e. The van der Waals surface area contributed by atoms with Crippen molar-refractivity contribution in [2.24, 2.45) is 0 Å². The molecule has 0 bridgehead atoms. The molecule has 0 aromatic heterocycles. The van der Waals surface area contributed by atoms with Gasteiger partial charge in [0.1, 0.15) is 0 Å². The van der Waals surface area contributed by atoms with Gasteiger partial charge < -0.3 is 5.32 Å². The summed E-state index contributed by atoms with van der Waals surface area (Å²) in [7, 11) is -3.51. The lowest BCUT2D eigenvalue weighted by Crippen LogP contribution is -2.32. The number of nitrogens with zero attached hydrogens (tertiary/aromatic N) is 1. The molecule has 30 heavy (non-hydrogen) atoms. The molecule has 0 unspecified atom stereocenters. The normalized spacial score (nSPS) is 11.9. The Kier molecular flexibility index (Phi) is 7.89. The number of hydrogen-bond donors (Lipinski definition) is 1. The number of anilines is 1. The highest BCUT2D eigenvalue weighted by atomic mass is 32.2. The van der Waals surface area contributed by atoms with E-state index in [4.69, 9.17) is 0 Å². The fourth-order valence-corrected chi connectivity index (χ4v) is 3.88. The van der Waals surface area contributed by atoms with Crippen LogP contribution < -0.4 is 9.62 Å². The second-order valence-electron chi connectivity index (χ2n) is 6.93. The van der Waals surface area contributed by atoms with Crippen molar-refractivity contribution in [3.05, 3.63) is 65.2 Å². The van der Waals surface area contributed by atoms with Crippen LogP contribution in [0.4, 0.5) is 18.9 Å². The van der Waals surface area contributed by atoms with E-state index in [0.29, 0.717) is 11.3 Å². The van der Waals surface area contributed by atoms with E-state index in [1.165, 1.54) is 16.4 Å². The molecule has 0 aliphatic rings. The quantitative estimate of drug-likeness (QED) is 0.635. The van der Waals surface area contributed by atoms with Crippen molar-refractivity contribution in [3.8, 4) is 0 Å². The zero-order chi connectivity index (χ0) is 22.4. The molecule has 9 heteroatoms. The molecule has 0 atom stereocenters. The topological polar surface area (TPSA) is 66.5 Å². The summed E-state index contributed by atoms with van der Waals surface area (Å²) in [4.78, 5) is 12.0. The van der Waals surface area contributed by atoms with Gasteiger partial charge in [-0.05, 0) is 48.2 Å². The number of aryl methyl sites for hydroxylation is 1.